The first kappa shape index (κ1) is 19.8. The average Bonchev–Trinajstić information content (AvgIpc) is 2.99. The first-order valence-electron chi connectivity index (χ1n) is 9.75. The maximum Gasteiger partial charge on any atom is 0.344 e. The van der Waals surface area contributed by atoms with Crippen molar-refractivity contribution in [1.29, 1.82) is 0 Å². The van der Waals surface area contributed by atoms with Crippen molar-refractivity contribution in [2.24, 2.45) is 0 Å². The standard InChI is InChI=1S/C23H24N4O3/c1-13-8-7-11-18(15(13)3)27-21(24)19(23(28)30-14(2)12-29-4)20-22(27)26-17-10-6-5-9-16(17)25-20/h5-11,14H,12,24H2,1-4H3/t14-/m1/s1. The van der Waals surface area contributed by atoms with Crippen LogP contribution in [0.25, 0.3) is 27.9 Å². The number of aryl methyl sites for hydroxylation is 1. The number of carbonyl (C=O) groups excluding carboxylic acids is 1. The summed E-state index contributed by atoms with van der Waals surface area (Å²) in [5.41, 5.74) is 12.1. The van der Waals surface area contributed by atoms with Gasteiger partial charge in [0.05, 0.1) is 23.3 Å². The zero-order valence-electron chi connectivity index (χ0n) is 17.5. The summed E-state index contributed by atoms with van der Waals surface area (Å²) in [5.74, 6) is -0.292. The molecular formula is C23H24N4O3. The number of nitrogens with zero attached hydrogens (tertiary/aromatic N) is 3. The molecule has 0 saturated heterocycles. The van der Waals surface area contributed by atoms with E-state index in [1.54, 1.807) is 18.6 Å². The van der Waals surface area contributed by atoms with E-state index in [1.165, 1.54) is 0 Å². The summed E-state index contributed by atoms with van der Waals surface area (Å²) >= 11 is 0. The van der Waals surface area contributed by atoms with Crippen LogP contribution in [0.2, 0.25) is 0 Å². The summed E-state index contributed by atoms with van der Waals surface area (Å²) in [5, 5.41) is 0. The predicted molar refractivity (Wildman–Crippen MR) is 117 cm³/mol. The maximum absolute atomic E-state index is 13.1. The second kappa shape index (κ2) is 7.76. The number of benzene rings is 2. The number of nitrogens with two attached hydrogens (primary N) is 1. The van der Waals surface area contributed by atoms with E-state index < -0.39 is 12.1 Å². The molecule has 1 atom stereocenters. The number of para-hydroxylation sites is 2. The number of rotatable bonds is 5. The molecule has 4 aromatic rings. The van der Waals surface area contributed by atoms with Gasteiger partial charge in [0.1, 0.15) is 23.0 Å². The van der Waals surface area contributed by atoms with Crippen LogP contribution in [0.1, 0.15) is 28.4 Å². The van der Waals surface area contributed by atoms with Crippen LogP contribution in [0.5, 0.6) is 0 Å². The molecule has 2 aromatic carbocycles. The SMILES string of the molecule is COC[C@@H](C)OC(=O)c1c(N)n(-c2cccc(C)c2C)c2nc3ccccc3nc12. The Labute approximate surface area is 174 Å². The van der Waals surface area contributed by atoms with Crippen molar-refractivity contribution < 1.29 is 14.3 Å². The highest BCUT2D eigenvalue weighted by molar-refractivity contribution is 6.09. The van der Waals surface area contributed by atoms with E-state index in [-0.39, 0.29) is 18.0 Å². The number of methoxy groups -OCH3 is 1. The normalized spacial score (nSPS) is 12.4. The fourth-order valence-corrected chi connectivity index (χ4v) is 3.59. The van der Waals surface area contributed by atoms with Crippen molar-refractivity contribution in [3.63, 3.8) is 0 Å². The van der Waals surface area contributed by atoms with Crippen molar-refractivity contribution in [2.45, 2.75) is 26.9 Å². The zero-order chi connectivity index (χ0) is 21.4. The van der Waals surface area contributed by atoms with Crippen molar-refractivity contribution in [2.75, 3.05) is 19.5 Å². The van der Waals surface area contributed by atoms with Gasteiger partial charge in [-0.05, 0) is 50.1 Å². The van der Waals surface area contributed by atoms with E-state index >= 15 is 0 Å². The molecule has 0 unspecified atom stereocenters. The molecule has 0 fully saturated rings. The van der Waals surface area contributed by atoms with Gasteiger partial charge in [-0.25, -0.2) is 14.8 Å². The van der Waals surface area contributed by atoms with Gasteiger partial charge >= 0.3 is 5.97 Å². The summed E-state index contributed by atoms with van der Waals surface area (Å²) in [6.45, 7) is 6.10. The van der Waals surface area contributed by atoms with Gasteiger partial charge in [0, 0.05) is 7.11 Å². The second-order valence-corrected chi connectivity index (χ2v) is 7.37. The summed E-state index contributed by atoms with van der Waals surface area (Å²) in [7, 11) is 1.56. The molecule has 2 N–H and O–H groups in total. The molecular weight excluding hydrogens is 380 g/mol. The Balaban J connectivity index is 2.02. The van der Waals surface area contributed by atoms with Crippen LogP contribution < -0.4 is 5.73 Å². The molecule has 0 saturated carbocycles. The number of hydrogen-bond acceptors (Lipinski definition) is 6. The minimum absolute atomic E-state index is 0.215. The van der Waals surface area contributed by atoms with Crippen LogP contribution in [0.15, 0.2) is 42.5 Å². The summed E-state index contributed by atoms with van der Waals surface area (Å²) in [6.07, 6.45) is -0.422. The Hall–Kier alpha value is -3.45. The molecule has 30 heavy (non-hydrogen) atoms. The molecule has 2 aromatic heterocycles. The third-order valence-electron chi connectivity index (χ3n) is 5.23. The molecule has 4 rings (SSSR count). The van der Waals surface area contributed by atoms with Crippen LogP contribution in [-0.4, -0.2) is 40.3 Å². The lowest BCUT2D eigenvalue weighted by molar-refractivity contribution is 0.0123. The van der Waals surface area contributed by atoms with Gasteiger partial charge in [-0.15, -0.1) is 0 Å². The van der Waals surface area contributed by atoms with Crippen LogP contribution in [0.3, 0.4) is 0 Å². The Morgan fingerprint density at radius 2 is 1.80 bits per heavy atom. The average molecular weight is 404 g/mol. The monoisotopic (exact) mass is 404 g/mol. The molecule has 0 aliphatic heterocycles. The highest BCUT2D eigenvalue weighted by Crippen LogP contribution is 2.33. The summed E-state index contributed by atoms with van der Waals surface area (Å²) in [6, 6.07) is 13.5. The summed E-state index contributed by atoms with van der Waals surface area (Å²) < 4.78 is 12.4. The van der Waals surface area contributed by atoms with Crippen LogP contribution >= 0.6 is 0 Å². The smallest absolute Gasteiger partial charge is 0.344 e. The van der Waals surface area contributed by atoms with Crippen LogP contribution in [-0.2, 0) is 9.47 Å². The predicted octanol–water partition coefficient (Wildman–Crippen LogP) is 3.96. The Morgan fingerprint density at radius 3 is 2.50 bits per heavy atom. The number of nitrogen functional groups attached to an aromatic ring is 1. The number of ether oxygens (including phenoxy) is 2. The molecule has 0 aliphatic rings. The molecule has 0 aliphatic carbocycles. The molecule has 0 amide bonds. The molecule has 154 valence electrons. The highest BCUT2D eigenvalue weighted by Gasteiger charge is 2.27. The van der Waals surface area contributed by atoms with E-state index in [0.717, 1.165) is 22.3 Å². The number of aromatic nitrogens is 3. The highest BCUT2D eigenvalue weighted by atomic mass is 16.6. The van der Waals surface area contributed by atoms with Crippen molar-refractivity contribution >= 4 is 34.0 Å². The largest absolute Gasteiger partial charge is 0.456 e. The molecule has 7 nitrogen and oxygen atoms in total. The van der Waals surface area contributed by atoms with E-state index in [1.807, 2.05) is 56.3 Å². The third-order valence-corrected chi connectivity index (χ3v) is 5.23. The fourth-order valence-electron chi connectivity index (χ4n) is 3.59. The molecule has 2 heterocycles. The fraction of sp³-hybridized carbons (Fsp3) is 0.261. The molecule has 0 spiro atoms. The first-order chi connectivity index (χ1) is 14.4. The molecule has 0 bridgehead atoms. The molecule has 7 heteroatoms. The Bertz CT molecular complexity index is 1260. The minimum atomic E-state index is -0.546. The molecule has 0 radical (unpaired) electrons. The number of anilines is 1. The third kappa shape index (κ3) is 3.27. The van der Waals surface area contributed by atoms with Crippen molar-refractivity contribution in [3.8, 4) is 5.69 Å². The van der Waals surface area contributed by atoms with Crippen LogP contribution in [0.4, 0.5) is 5.82 Å². The Morgan fingerprint density at radius 1 is 1.10 bits per heavy atom. The lowest BCUT2D eigenvalue weighted by atomic mass is 10.1. The maximum atomic E-state index is 13.1. The second-order valence-electron chi connectivity index (χ2n) is 7.37. The van der Waals surface area contributed by atoms with Gasteiger partial charge in [0.15, 0.2) is 5.65 Å². The summed E-state index contributed by atoms with van der Waals surface area (Å²) in [4.78, 5) is 22.6. The van der Waals surface area contributed by atoms with Gasteiger partial charge < -0.3 is 15.2 Å². The van der Waals surface area contributed by atoms with Gasteiger partial charge in [0.2, 0.25) is 0 Å². The van der Waals surface area contributed by atoms with Crippen molar-refractivity contribution in [1.82, 2.24) is 14.5 Å². The van der Waals surface area contributed by atoms with E-state index in [0.29, 0.717) is 16.7 Å². The first-order valence-corrected chi connectivity index (χ1v) is 9.75. The topological polar surface area (TPSA) is 92.3 Å². The number of hydrogen-bond donors (Lipinski definition) is 1. The number of carbonyl (C=O) groups is 1. The van der Waals surface area contributed by atoms with Gasteiger partial charge in [0.25, 0.3) is 0 Å². The minimum Gasteiger partial charge on any atom is -0.456 e. The van der Waals surface area contributed by atoms with E-state index in [4.69, 9.17) is 25.2 Å². The number of esters is 1. The van der Waals surface area contributed by atoms with Gasteiger partial charge in [-0.2, -0.15) is 0 Å². The zero-order valence-corrected chi connectivity index (χ0v) is 17.5. The lowest BCUT2D eigenvalue weighted by Gasteiger charge is -2.14. The quantitative estimate of drug-likeness (QED) is 0.506. The van der Waals surface area contributed by atoms with Gasteiger partial charge in [-0.1, -0.05) is 24.3 Å². The van der Waals surface area contributed by atoms with E-state index in [9.17, 15) is 4.79 Å². The van der Waals surface area contributed by atoms with E-state index in [2.05, 4.69) is 0 Å². The Kier molecular flexibility index (Phi) is 5.13. The lowest BCUT2D eigenvalue weighted by Crippen LogP contribution is -2.20. The van der Waals surface area contributed by atoms with Crippen molar-refractivity contribution in [3.05, 3.63) is 59.2 Å². The number of fused-ring (bicyclic) bond motifs is 2. The van der Waals surface area contributed by atoms with Gasteiger partial charge in [-0.3, -0.25) is 4.57 Å². The van der Waals surface area contributed by atoms with Crippen LogP contribution in [0, 0.1) is 13.8 Å².